The number of carbonyl (C=O) groups is 1. The van der Waals surface area contributed by atoms with Crippen LogP contribution in [-0.2, 0) is 9.53 Å². The van der Waals surface area contributed by atoms with Gasteiger partial charge in [0.2, 0.25) is 0 Å². The highest BCUT2D eigenvalue weighted by atomic mass is 16.5. The molecule has 3 heteroatoms. The number of ketones is 1. The molecule has 0 saturated heterocycles. The quantitative estimate of drug-likeness (QED) is 0.304. The van der Waals surface area contributed by atoms with E-state index in [2.05, 4.69) is 6.58 Å². The van der Waals surface area contributed by atoms with E-state index < -0.39 is 0 Å². The van der Waals surface area contributed by atoms with Crippen molar-refractivity contribution in [2.24, 2.45) is 5.92 Å². The Hall–Kier alpha value is -2.03. The van der Waals surface area contributed by atoms with Gasteiger partial charge in [-0.1, -0.05) is 36.8 Å². The van der Waals surface area contributed by atoms with Crippen LogP contribution in [0.3, 0.4) is 0 Å². The van der Waals surface area contributed by atoms with Gasteiger partial charge in [-0.3, -0.25) is 4.79 Å². The van der Waals surface area contributed by atoms with Gasteiger partial charge >= 0.3 is 0 Å². The predicted octanol–water partition coefficient (Wildman–Crippen LogP) is 5.19. The van der Waals surface area contributed by atoms with Crippen LogP contribution in [-0.4, -0.2) is 18.0 Å². The second-order valence-electron chi connectivity index (χ2n) is 5.86. The fourth-order valence-corrected chi connectivity index (χ4v) is 2.62. The highest BCUT2D eigenvalue weighted by molar-refractivity contribution is 5.93. The van der Waals surface area contributed by atoms with E-state index in [0.29, 0.717) is 12.2 Å². The summed E-state index contributed by atoms with van der Waals surface area (Å²) in [6.07, 6.45) is 13.4. The van der Waals surface area contributed by atoms with Crippen LogP contribution in [0, 0.1) is 5.92 Å². The Balaban J connectivity index is 2.69. The van der Waals surface area contributed by atoms with Crippen LogP contribution >= 0.6 is 0 Å². The number of ether oxygens (including phenoxy) is 1. The van der Waals surface area contributed by atoms with Crippen LogP contribution in [0.1, 0.15) is 46.0 Å². The van der Waals surface area contributed by atoms with E-state index >= 15 is 0 Å². The van der Waals surface area contributed by atoms with Gasteiger partial charge in [0.05, 0.1) is 7.11 Å². The Kier molecular flexibility index (Phi) is 8.17. The van der Waals surface area contributed by atoms with Gasteiger partial charge in [0.25, 0.3) is 0 Å². The minimum atomic E-state index is -0.0259. The summed E-state index contributed by atoms with van der Waals surface area (Å²) >= 11 is 0. The number of hydrogen-bond donors (Lipinski definition) is 1. The van der Waals surface area contributed by atoms with E-state index in [1.807, 2.05) is 19.9 Å². The Labute approximate surface area is 139 Å². The summed E-state index contributed by atoms with van der Waals surface area (Å²) in [7, 11) is 1.52. The van der Waals surface area contributed by atoms with Crippen LogP contribution in [0.5, 0.6) is 0 Å². The second kappa shape index (κ2) is 9.88. The van der Waals surface area contributed by atoms with Crippen molar-refractivity contribution >= 4 is 5.78 Å². The third kappa shape index (κ3) is 5.93. The second-order valence-corrected chi connectivity index (χ2v) is 5.86. The highest BCUT2D eigenvalue weighted by Crippen LogP contribution is 2.29. The first-order valence-corrected chi connectivity index (χ1v) is 8.15. The summed E-state index contributed by atoms with van der Waals surface area (Å²) in [6, 6.07) is 0. The maximum Gasteiger partial charge on any atom is 0.162 e. The summed E-state index contributed by atoms with van der Waals surface area (Å²) in [5, 5.41) is 10.2. The van der Waals surface area contributed by atoms with E-state index in [9.17, 15) is 9.90 Å². The fourth-order valence-electron chi connectivity index (χ4n) is 2.62. The third-order valence-corrected chi connectivity index (χ3v) is 4.08. The Morgan fingerprint density at radius 1 is 1.43 bits per heavy atom. The lowest BCUT2D eigenvalue weighted by molar-refractivity contribution is -0.117. The summed E-state index contributed by atoms with van der Waals surface area (Å²) < 4.78 is 5.17. The molecule has 1 fully saturated rings. The van der Waals surface area contributed by atoms with Crippen LogP contribution in [0.15, 0.2) is 59.6 Å². The van der Waals surface area contributed by atoms with E-state index in [4.69, 9.17) is 4.74 Å². The average molecular weight is 316 g/mol. The van der Waals surface area contributed by atoms with E-state index in [1.54, 1.807) is 24.3 Å². The van der Waals surface area contributed by atoms with Crippen LogP contribution < -0.4 is 0 Å². The molecule has 0 amide bonds. The van der Waals surface area contributed by atoms with Crippen molar-refractivity contribution < 1.29 is 14.6 Å². The zero-order valence-electron chi connectivity index (χ0n) is 14.5. The lowest BCUT2D eigenvalue weighted by Crippen LogP contribution is -2.17. The molecule has 1 unspecified atom stereocenters. The van der Waals surface area contributed by atoms with Gasteiger partial charge in [-0.15, -0.1) is 0 Å². The minimum Gasteiger partial charge on any atom is -0.504 e. The minimum absolute atomic E-state index is 0.0259. The number of methoxy groups -OCH3 is 1. The molecule has 1 N–H and O–H groups in total. The molecular formula is C20H28O3. The van der Waals surface area contributed by atoms with Crippen LogP contribution in [0.2, 0.25) is 0 Å². The van der Waals surface area contributed by atoms with Gasteiger partial charge in [-0.2, -0.15) is 0 Å². The molecule has 3 nitrogen and oxygen atoms in total. The molecule has 0 aromatic heterocycles. The molecule has 1 aliphatic rings. The topological polar surface area (TPSA) is 46.5 Å². The van der Waals surface area contributed by atoms with Crippen molar-refractivity contribution in [1.29, 1.82) is 0 Å². The number of aliphatic hydroxyl groups is 1. The number of rotatable bonds is 7. The van der Waals surface area contributed by atoms with E-state index in [0.717, 1.165) is 36.8 Å². The summed E-state index contributed by atoms with van der Waals surface area (Å²) in [5.41, 5.74) is 1.81. The zero-order valence-corrected chi connectivity index (χ0v) is 14.5. The maximum absolute atomic E-state index is 12.2. The summed E-state index contributed by atoms with van der Waals surface area (Å²) in [5.74, 6) is 0.631. The molecule has 0 aliphatic heterocycles. The molecule has 0 bridgehead atoms. The fraction of sp³-hybridized carbons (Fsp3) is 0.450. The predicted molar refractivity (Wildman–Crippen MR) is 95.1 cm³/mol. The van der Waals surface area contributed by atoms with Gasteiger partial charge in [-0.05, 0) is 57.3 Å². The largest absolute Gasteiger partial charge is 0.504 e. The monoisotopic (exact) mass is 316 g/mol. The smallest absolute Gasteiger partial charge is 0.162 e. The molecule has 0 radical (unpaired) electrons. The molecule has 0 aromatic carbocycles. The Bertz CT molecular complexity index is 547. The normalized spacial score (nSPS) is 20.9. The van der Waals surface area contributed by atoms with Gasteiger partial charge < -0.3 is 9.84 Å². The zero-order chi connectivity index (χ0) is 17.2. The number of carbonyl (C=O) groups excluding carboxylic acids is 1. The van der Waals surface area contributed by atoms with Crippen LogP contribution in [0.4, 0.5) is 0 Å². The number of aliphatic hydroxyl groups excluding tert-OH is 1. The first-order chi connectivity index (χ1) is 11.0. The first kappa shape index (κ1) is 19.0. The highest BCUT2D eigenvalue weighted by Gasteiger charge is 2.22. The molecular weight excluding hydrogens is 288 g/mol. The number of hydrogen-bond acceptors (Lipinski definition) is 3. The Morgan fingerprint density at radius 3 is 2.78 bits per heavy atom. The van der Waals surface area contributed by atoms with Crippen molar-refractivity contribution in [3.05, 3.63) is 59.6 Å². The van der Waals surface area contributed by atoms with E-state index in [1.165, 1.54) is 7.11 Å². The summed E-state index contributed by atoms with van der Waals surface area (Å²) in [6.45, 7) is 7.74. The standard InChI is InChI=1S/C20H28O3/c1-5-6-14-19(23-4)20(22)16(3)11-9-13-18(21)17-12-8-7-10-15(17)2/h5-6,9,13-14,17,22H,2,7-8,10-12H2,1,3-4H3/b6-5-,13-9+,19-14+,20-16+. The molecule has 1 aliphatic carbocycles. The van der Waals surface area contributed by atoms with Crippen molar-refractivity contribution in [2.45, 2.75) is 46.0 Å². The SMILES string of the molecule is C=C1CCCCC1C(=O)/C=C/C\C(C)=C(O)/C(=C\C=C/C)OC. The first-order valence-electron chi connectivity index (χ1n) is 8.15. The van der Waals surface area contributed by atoms with Crippen LogP contribution in [0.25, 0.3) is 0 Å². The molecule has 1 atom stereocenters. The van der Waals surface area contributed by atoms with Crippen molar-refractivity contribution in [1.82, 2.24) is 0 Å². The van der Waals surface area contributed by atoms with Gasteiger partial charge in [0, 0.05) is 5.92 Å². The number of allylic oxidation sites excluding steroid dienone is 7. The molecule has 0 aromatic rings. The molecule has 23 heavy (non-hydrogen) atoms. The van der Waals surface area contributed by atoms with Crippen molar-refractivity contribution in [2.75, 3.05) is 7.11 Å². The molecule has 0 spiro atoms. The van der Waals surface area contributed by atoms with Crippen molar-refractivity contribution in [3.8, 4) is 0 Å². The molecule has 126 valence electrons. The molecule has 1 rings (SSSR count). The van der Waals surface area contributed by atoms with Gasteiger partial charge in [0.15, 0.2) is 17.3 Å². The maximum atomic E-state index is 12.2. The molecule has 0 heterocycles. The lowest BCUT2D eigenvalue weighted by atomic mass is 9.82. The summed E-state index contributed by atoms with van der Waals surface area (Å²) in [4.78, 5) is 12.2. The third-order valence-electron chi connectivity index (χ3n) is 4.08. The molecule has 1 saturated carbocycles. The van der Waals surface area contributed by atoms with Gasteiger partial charge in [0.1, 0.15) is 0 Å². The Morgan fingerprint density at radius 2 is 2.17 bits per heavy atom. The lowest BCUT2D eigenvalue weighted by Gasteiger charge is -2.21. The van der Waals surface area contributed by atoms with Gasteiger partial charge in [-0.25, -0.2) is 0 Å². The van der Waals surface area contributed by atoms with E-state index in [-0.39, 0.29) is 17.5 Å². The average Bonchev–Trinajstić information content (AvgIpc) is 2.55. The van der Waals surface area contributed by atoms with Crippen molar-refractivity contribution in [3.63, 3.8) is 0 Å².